The Morgan fingerprint density at radius 2 is 1.79 bits per heavy atom. The predicted octanol–water partition coefficient (Wildman–Crippen LogP) is 2.56. The number of anilines is 2. The number of fused-ring (bicyclic) bond motifs is 1. The number of pyridine rings is 1. The number of nitrogens with one attached hydrogen (secondary N) is 2. The lowest BCUT2D eigenvalue weighted by molar-refractivity contribution is 1.00. The van der Waals surface area contributed by atoms with E-state index in [-0.39, 0.29) is 0 Å². The first-order valence-electron chi connectivity index (χ1n) is 5.23. The average molecular weight is 193 g/mol. The first-order valence-corrected chi connectivity index (χ1v) is 5.23. The maximum absolute atomic E-state index is 4.44. The Morgan fingerprint density at radius 3 is 2.50 bits per heavy atom. The van der Waals surface area contributed by atoms with E-state index in [1.807, 2.05) is 20.8 Å². The van der Waals surface area contributed by atoms with Gasteiger partial charge in [0.05, 0.1) is 5.69 Å². The fourth-order valence-electron chi connectivity index (χ4n) is 1.35. The van der Waals surface area contributed by atoms with Crippen molar-refractivity contribution in [3.8, 4) is 0 Å². The molecule has 1 aliphatic heterocycles. The summed E-state index contributed by atoms with van der Waals surface area (Å²) in [6.45, 7) is 10.1. The molecule has 0 aromatic carbocycles. The molecular formula is C11H19N3. The van der Waals surface area contributed by atoms with Crippen LogP contribution in [0, 0.1) is 13.8 Å². The third kappa shape index (κ3) is 2.16. The van der Waals surface area contributed by atoms with Gasteiger partial charge in [0.25, 0.3) is 0 Å². The molecule has 0 saturated carbocycles. The second-order valence-corrected chi connectivity index (χ2v) is 3.14. The molecule has 0 unspecified atom stereocenters. The molecule has 1 aliphatic rings. The highest BCUT2D eigenvalue weighted by molar-refractivity contribution is 5.67. The molecule has 0 spiro atoms. The molecule has 3 heteroatoms. The largest absolute Gasteiger partial charge is 0.380 e. The summed E-state index contributed by atoms with van der Waals surface area (Å²) < 4.78 is 0. The van der Waals surface area contributed by atoms with Gasteiger partial charge < -0.3 is 10.6 Å². The SMILES string of the molecule is CC.Cc1cc2c(nc1C)NCCN2. The van der Waals surface area contributed by atoms with Crippen LogP contribution in [0.25, 0.3) is 0 Å². The smallest absolute Gasteiger partial charge is 0.149 e. The maximum atomic E-state index is 4.44. The highest BCUT2D eigenvalue weighted by Crippen LogP contribution is 2.23. The molecule has 1 aromatic heterocycles. The van der Waals surface area contributed by atoms with Gasteiger partial charge in [0.15, 0.2) is 0 Å². The molecule has 2 rings (SSSR count). The monoisotopic (exact) mass is 193 g/mol. The number of rotatable bonds is 0. The van der Waals surface area contributed by atoms with Gasteiger partial charge in [-0.15, -0.1) is 0 Å². The van der Waals surface area contributed by atoms with E-state index in [2.05, 4.69) is 28.6 Å². The van der Waals surface area contributed by atoms with Crippen molar-refractivity contribution in [1.82, 2.24) is 4.98 Å². The van der Waals surface area contributed by atoms with Gasteiger partial charge in [-0.25, -0.2) is 4.98 Å². The summed E-state index contributed by atoms with van der Waals surface area (Å²) >= 11 is 0. The van der Waals surface area contributed by atoms with Crippen LogP contribution in [-0.4, -0.2) is 18.1 Å². The van der Waals surface area contributed by atoms with E-state index in [0.717, 1.165) is 30.3 Å². The van der Waals surface area contributed by atoms with E-state index >= 15 is 0 Å². The van der Waals surface area contributed by atoms with E-state index in [4.69, 9.17) is 0 Å². The molecule has 0 amide bonds. The summed E-state index contributed by atoms with van der Waals surface area (Å²) in [5.74, 6) is 0.990. The Balaban J connectivity index is 0.000000461. The molecule has 78 valence electrons. The van der Waals surface area contributed by atoms with Crippen molar-refractivity contribution in [3.05, 3.63) is 17.3 Å². The number of hydrogen-bond donors (Lipinski definition) is 2. The summed E-state index contributed by atoms with van der Waals surface area (Å²) in [7, 11) is 0. The zero-order chi connectivity index (χ0) is 10.6. The van der Waals surface area contributed by atoms with Crippen LogP contribution in [0.4, 0.5) is 11.5 Å². The molecule has 0 fully saturated rings. The third-order valence-electron chi connectivity index (χ3n) is 2.20. The Kier molecular flexibility index (Phi) is 3.74. The fraction of sp³-hybridized carbons (Fsp3) is 0.545. The van der Waals surface area contributed by atoms with E-state index in [1.54, 1.807) is 0 Å². The molecule has 0 radical (unpaired) electrons. The van der Waals surface area contributed by atoms with Gasteiger partial charge >= 0.3 is 0 Å². The standard InChI is InChI=1S/C9H13N3.C2H6/c1-6-5-8-9(12-7(6)2)11-4-3-10-8;1-2/h5,10H,3-4H2,1-2H3,(H,11,12);1-2H3. The summed E-state index contributed by atoms with van der Waals surface area (Å²) in [4.78, 5) is 4.44. The van der Waals surface area contributed by atoms with Crippen LogP contribution in [-0.2, 0) is 0 Å². The van der Waals surface area contributed by atoms with Crippen molar-refractivity contribution in [2.75, 3.05) is 23.7 Å². The van der Waals surface area contributed by atoms with Crippen molar-refractivity contribution in [3.63, 3.8) is 0 Å². The zero-order valence-corrected chi connectivity index (χ0v) is 9.44. The van der Waals surface area contributed by atoms with E-state index in [9.17, 15) is 0 Å². The highest BCUT2D eigenvalue weighted by atomic mass is 15.1. The van der Waals surface area contributed by atoms with E-state index < -0.39 is 0 Å². The quantitative estimate of drug-likeness (QED) is 0.665. The number of aryl methyl sites for hydroxylation is 2. The van der Waals surface area contributed by atoms with Crippen molar-refractivity contribution in [1.29, 1.82) is 0 Å². The minimum atomic E-state index is 0.961. The molecule has 2 heterocycles. The van der Waals surface area contributed by atoms with Gasteiger partial charge in [-0.1, -0.05) is 13.8 Å². The molecule has 3 nitrogen and oxygen atoms in total. The number of aromatic nitrogens is 1. The molecule has 14 heavy (non-hydrogen) atoms. The fourth-order valence-corrected chi connectivity index (χ4v) is 1.35. The van der Waals surface area contributed by atoms with Crippen LogP contribution in [0.3, 0.4) is 0 Å². The Bertz CT molecular complexity index is 277. The molecule has 2 N–H and O–H groups in total. The van der Waals surface area contributed by atoms with Crippen molar-refractivity contribution in [2.24, 2.45) is 0 Å². The van der Waals surface area contributed by atoms with Crippen LogP contribution in [0.2, 0.25) is 0 Å². The van der Waals surface area contributed by atoms with Crippen molar-refractivity contribution >= 4 is 11.5 Å². The Hall–Kier alpha value is -1.25. The van der Waals surface area contributed by atoms with Gasteiger partial charge in [-0.05, 0) is 25.5 Å². The predicted molar refractivity (Wildman–Crippen MR) is 62.0 cm³/mol. The van der Waals surface area contributed by atoms with Crippen LogP contribution >= 0.6 is 0 Å². The second kappa shape index (κ2) is 4.84. The molecule has 0 aliphatic carbocycles. The molecule has 1 aromatic rings. The van der Waals surface area contributed by atoms with Gasteiger partial charge in [0.2, 0.25) is 0 Å². The van der Waals surface area contributed by atoms with E-state index in [1.165, 1.54) is 5.56 Å². The van der Waals surface area contributed by atoms with Crippen LogP contribution in [0.1, 0.15) is 25.1 Å². The minimum absolute atomic E-state index is 0.961. The lowest BCUT2D eigenvalue weighted by atomic mass is 10.2. The normalized spacial score (nSPS) is 12.9. The van der Waals surface area contributed by atoms with Gasteiger partial charge in [0, 0.05) is 18.8 Å². The lowest BCUT2D eigenvalue weighted by Crippen LogP contribution is -2.21. The lowest BCUT2D eigenvalue weighted by Gasteiger charge is -2.19. The van der Waals surface area contributed by atoms with Gasteiger partial charge in [0.1, 0.15) is 5.82 Å². The zero-order valence-electron chi connectivity index (χ0n) is 9.44. The van der Waals surface area contributed by atoms with E-state index in [0.29, 0.717) is 0 Å². The summed E-state index contributed by atoms with van der Waals surface area (Å²) in [6.07, 6.45) is 0. The van der Waals surface area contributed by atoms with Crippen molar-refractivity contribution in [2.45, 2.75) is 27.7 Å². The second-order valence-electron chi connectivity index (χ2n) is 3.14. The van der Waals surface area contributed by atoms with Gasteiger partial charge in [-0.3, -0.25) is 0 Å². The summed E-state index contributed by atoms with van der Waals surface area (Å²) in [5, 5.41) is 6.56. The Morgan fingerprint density at radius 1 is 1.14 bits per heavy atom. The maximum Gasteiger partial charge on any atom is 0.149 e. The molecule has 0 bridgehead atoms. The van der Waals surface area contributed by atoms with Crippen LogP contribution < -0.4 is 10.6 Å². The summed E-state index contributed by atoms with van der Waals surface area (Å²) in [5.41, 5.74) is 3.47. The number of hydrogen-bond acceptors (Lipinski definition) is 3. The minimum Gasteiger partial charge on any atom is -0.380 e. The third-order valence-corrected chi connectivity index (χ3v) is 2.20. The van der Waals surface area contributed by atoms with Crippen LogP contribution in [0.15, 0.2) is 6.07 Å². The molecule has 0 saturated heterocycles. The Labute approximate surface area is 85.9 Å². The topological polar surface area (TPSA) is 37.0 Å². The first-order chi connectivity index (χ1) is 6.77. The van der Waals surface area contributed by atoms with Crippen LogP contribution in [0.5, 0.6) is 0 Å². The average Bonchev–Trinajstić information content (AvgIpc) is 2.23. The molecule has 0 atom stereocenters. The first kappa shape index (κ1) is 10.8. The summed E-state index contributed by atoms with van der Waals surface area (Å²) in [6, 6.07) is 2.14. The number of nitrogens with zero attached hydrogens (tertiary/aromatic N) is 1. The van der Waals surface area contributed by atoms with Crippen molar-refractivity contribution < 1.29 is 0 Å². The van der Waals surface area contributed by atoms with Gasteiger partial charge in [-0.2, -0.15) is 0 Å². The highest BCUT2D eigenvalue weighted by Gasteiger charge is 2.09. The molecular weight excluding hydrogens is 174 g/mol.